The quantitative estimate of drug-likeness (QED) is 0.342. The van der Waals surface area contributed by atoms with Crippen LogP contribution < -0.4 is 5.73 Å². The Morgan fingerprint density at radius 2 is 1.86 bits per heavy atom. The minimum atomic E-state index is -1.80. The summed E-state index contributed by atoms with van der Waals surface area (Å²) in [6, 6.07) is 9.41. The van der Waals surface area contributed by atoms with Crippen LogP contribution in [0.3, 0.4) is 0 Å². The van der Waals surface area contributed by atoms with Crippen LogP contribution in [0.4, 0.5) is 0 Å². The Morgan fingerprint density at radius 3 is 2.51 bits per heavy atom. The number of hydrogen-bond donors (Lipinski definition) is 4. The van der Waals surface area contributed by atoms with E-state index in [0.717, 1.165) is 5.56 Å². The number of ketones is 1. The topological polar surface area (TPSA) is 130 Å². The molecule has 7 nitrogen and oxygen atoms in total. The second kappa shape index (κ2) is 8.60. The highest BCUT2D eigenvalue weighted by atomic mass is 16.6. The number of ether oxygens (including phenoxy) is 1. The van der Waals surface area contributed by atoms with Crippen molar-refractivity contribution in [1.82, 2.24) is 0 Å². The molecule has 0 heterocycles. The van der Waals surface area contributed by atoms with E-state index in [1.807, 2.05) is 57.2 Å². The van der Waals surface area contributed by atoms with Crippen molar-refractivity contribution in [2.45, 2.75) is 76.2 Å². The van der Waals surface area contributed by atoms with Crippen molar-refractivity contribution in [3.8, 4) is 0 Å². The second-order valence-electron chi connectivity index (χ2n) is 12.5. The summed E-state index contributed by atoms with van der Waals surface area (Å²) >= 11 is 0. The van der Waals surface area contributed by atoms with Crippen LogP contribution in [-0.4, -0.2) is 56.5 Å². The zero-order valence-electron chi connectivity index (χ0n) is 22.1. The van der Waals surface area contributed by atoms with E-state index in [1.165, 1.54) is 0 Å². The third kappa shape index (κ3) is 3.69. The Kier molecular flexibility index (Phi) is 6.11. The number of benzene rings is 1. The van der Waals surface area contributed by atoms with Gasteiger partial charge in [0.2, 0.25) is 0 Å². The van der Waals surface area contributed by atoms with Crippen LogP contribution in [0.25, 0.3) is 0 Å². The Bertz CT molecular complexity index is 1170. The number of esters is 1. The number of rotatable bonds is 6. The zero-order chi connectivity index (χ0) is 27.0. The molecule has 0 saturated heterocycles. The van der Waals surface area contributed by atoms with E-state index in [4.69, 9.17) is 10.5 Å². The highest BCUT2D eigenvalue weighted by Crippen LogP contribution is 2.76. The first-order chi connectivity index (χ1) is 17.3. The van der Waals surface area contributed by atoms with E-state index >= 15 is 0 Å². The first-order valence-corrected chi connectivity index (χ1v) is 13.3. The lowest BCUT2D eigenvalue weighted by molar-refractivity contribution is -0.187. The molecule has 0 unspecified atom stereocenters. The first kappa shape index (κ1) is 26.3. The molecule has 0 bridgehead atoms. The molecule has 0 aromatic heterocycles. The molecular weight excluding hydrogens is 470 g/mol. The van der Waals surface area contributed by atoms with Gasteiger partial charge in [-0.3, -0.25) is 9.59 Å². The fourth-order valence-electron chi connectivity index (χ4n) is 8.05. The van der Waals surface area contributed by atoms with E-state index in [-0.39, 0.29) is 43.3 Å². The van der Waals surface area contributed by atoms with Gasteiger partial charge >= 0.3 is 5.97 Å². The van der Waals surface area contributed by atoms with Crippen LogP contribution in [0, 0.1) is 29.1 Å². The number of nitrogens with two attached hydrogens (primary N) is 1. The van der Waals surface area contributed by atoms with Crippen molar-refractivity contribution in [2.24, 2.45) is 34.8 Å². The van der Waals surface area contributed by atoms with E-state index in [0.29, 0.717) is 24.0 Å². The number of Topliss-reactive ketones (excluding diaryl/α,β-unsaturated/α-hetero) is 1. The SMILES string of the molecule is CC1=C[C@H]2[C@@]3(O)[C@H](C)C[C@]4(OC(=O)C[C@H](N)Cc5ccccc5)[C@H]([C@@H]3C=C(CO)C[C@]2(O)C1=O)C4(C)C. The molecule has 2 fully saturated rings. The highest BCUT2D eigenvalue weighted by Gasteiger charge is 2.83. The van der Waals surface area contributed by atoms with Crippen LogP contribution in [0.15, 0.2) is 53.6 Å². The minimum absolute atomic E-state index is 0.0271. The van der Waals surface area contributed by atoms with Gasteiger partial charge < -0.3 is 25.8 Å². The number of hydrogen-bond acceptors (Lipinski definition) is 7. The molecule has 5 rings (SSSR count). The van der Waals surface area contributed by atoms with E-state index in [2.05, 4.69) is 0 Å². The summed E-state index contributed by atoms with van der Waals surface area (Å²) in [6.07, 6.45) is 4.58. The van der Waals surface area contributed by atoms with E-state index in [1.54, 1.807) is 13.0 Å². The average Bonchev–Trinajstić information content (AvgIpc) is 3.23. The van der Waals surface area contributed by atoms with Crippen LogP contribution in [0.5, 0.6) is 0 Å². The summed E-state index contributed by atoms with van der Waals surface area (Å²) in [5.74, 6) is -2.69. The molecule has 5 N–H and O–H groups in total. The number of aliphatic hydroxyl groups excluding tert-OH is 1. The summed E-state index contributed by atoms with van der Waals surface area (Å²) in [5.41, 5.74) is 3.83. The Morgan fingerprint density at radius 1 is 1.19 bits per heavy atom. The molecule has 0 amide bonds. The molecule has 0 radical (unpaired) electrons. The maximum atomic E-state index is 13.2. The maximum absolute atomic E-state index is 13.2. The molecule has 7 heteroatoms. The third-order valence-corrected chi connectivity index (χ3v) is 9.94. The minimum Gasteiger partial charge on any atom is -0.458 e. The van der Waals surface area contributed by atoms with Gasteiger partial charge in [0.1, 0.15) is 11.2 Å². The van der Waals surface area contributed by atoms with Gasteiger partial charge in [-0.2, -0.15) is 0 Å². The van der Waals surface area contributed by atoms with Crippen LogP contribution in [0.1, 0.15) is 52.5 Å². The number of aliphatic hydroxyl groups is 3. The molecule has 8 atom stereocenters. The fourth-order valence-corrected chi connectivity index (χ4v) is 8.05. The van der Waals surface area contributed by atoms with E-state index < -0.39 is 39.8 Å². The maximum Gasteiger partial charge on any atom is 0.307 e. The summed E-state index contributed by atoms with van der Waals surface area (Å²) in [4.78, 5) is 26.2. The lowest BCUT2D eigenvalue weighted by Crippen LogP contribution is -2.61. The smallest absolute Gasteiger partial charge is 0.307 e. The molecule has 2 saturated carbocycles. The molecule has 4 aliphatic carbocycles. The molecule has 4 aliphatic rings. The molecule has 1 aromatic rings. The molecule has 1 aromatic carbocycles. The lowest BCUT2D eigenvalue weighted by atomic mass is 9.60. The van der Waals surface area contributed by atoms with Crippen molar-refractivity contribution >= 4 is 11.8 Å². The van der Waals surface area contributed by atoms with Gasteiger partial charge in [-0.25, -0.2) is 0 Å². The van der Waals surface area contributed by atoms with Crippen LogP contribution in [0.2, 0.25) is 0 Å². The number of carbonyl (C=O) groups excluding carboxylic acids is 2. The lowest BCUT2D eigenvalue weighted by Gasteiger charge is -2.50. The molecule has 0 spiro atoms. The van der Waals surface area contributed by atoms with Crippen LogP contribution in [-0.2, 0) is 20.7 Å². The predicted molar refractivity (Wildman–Crippen MR) is 138 cm³/mol. The molecular formula is C30H39NO6. The van der Waals surface area contributed by atoms with Crippen LogP contribution >= 0.6 is 0 Å². The second-order valence-corrected chi connectivity index (χ2v) is 12.5. The number of fused-ring (bicyclic) bond motifs is 5. The average molecular weight is 510 g/mol. The zero-order valence-corrected chi connectivity index (χ0v) is 22.1. The van der Waals surface area contributed by atoms with Crippen molar-refractivity contribution < 1.29 is 29.6 Å². The summed E-state index contributed by atoms with van der Waals surface area (Å²) in [5, 5.41) is 34.1. The normalized spacial score (nSPS) is 40.4. The van der Waals surface area contributed by atoms with Crippen molar-refractivity contribution in [3.05, 3.63) is 59.2 Å². The van der Waals surface area contributed by atoms with Gasteiger partial charge in [-0.05, 0) is 42.4 Å². The number of carbonyl (C=O) groups is 2. The molecule has 37 heavy (non-hydrogen) atoms. The summed E-state index contributed by atoms with van der Waals surface area (Å²) in [6.45, 7) is 7.32. The standard InChI is InChI=1S/C30H39NO6/c1-17-10-23-28(35,26(17)34)15-20(16-32)12-22-25-27(3,4)29(25,14-18(2)30(22,23)36)37-24(33)13-21(31)11-19-8-6-5-7-9-19/h5-10,12,18,21-23,25,32,35-36H,11,13-16,31H2,1-4H3/t18-,21-,22+,23-,25-,28-,29+,30-/m1/s1. The van der Waals surface area contributed by atoms with Gasteiger partial charge in [0.15, 0.2) is 5.78 Å². The summed E-state index contributed by atoms with van der Waals surface area (Å²) < 4.78 is 6.26. The monoisotopic (exact) mass is 509 g/mol. The molecule has 200 valence electrons. The van der Waals surface area contributed by atoms with Gasteiger partial charge in [-0.15, -0.1) is 0 Å². The van der Waals surface area contributed by atoms with Gasteiger partial charge in [0.05, 0.1) is 18.6 Å². The van der Waals surface area contributed by atoms with Gasteiger partial charge in [0.25, 0.3) is 0 Å². The van der Waals surface area contributed by atoms with Crippen molar-refractivity contribution in [1.29, 1.82) is 0 Å². The Balaban J connectivity index is 1.44. The third-order valence-electron chi connectivity index (χ3n) is 9.94. The van der Waals surface area contributed by atoms with Gasteiger partial charge in [-0.1, -0.05) is 63.3 Å². The van der Waals surface area contributed by atoms with Crippen molar-refractivity contribution in [3.63, 3.8) is 0 Å². The van der Waals surface area contributed by atoms with Gasteiger partial charge in [0, 0.05) is 35.6 Å². The van der Waals surface area contributed by atoms with E-state index in [9.17, 15) is 24.9 Å². The van der Waals surface area contributed by atoms with Crippen molar-refractivity contribution in [2.75, 3.05) is 6.61 Å². The molecule has 0 aliphatic heterocycles. The first-order valence-electron chi connectivity index (χ1n) is 13.3. The largest absolute Gasteiger partial charge is 0.458 e. The Hall–Kier alpha value is -2.32. The Labute approximate surface area is 218 Å². The summed E-state index contributed by atoms with van der Waals surface area (Å²) in [7, 11) is 0. The highest BCUT2D eigenvalue weighted by molar-refractivity contribution is 6.04. The fraction of sp³-hybridized carbons (Fsp3) is 0.600. The predicted octanol–water partition coefficient (Wildman–Crippen LogP) is 2.47.